The van der Waals surface area contributed by atoms with E-state index in [0.717, 1.165) is 0 Å². The first-order chi connectivity index (χ1) is 5.11. The number of hydrogen-bond donors (Lipinski definition) is 1. The van der Waals surface area contributed by atoms with Crippen LogP contribution in [0.3, 0.4) is 0 Å². The zero-order valence-electron chi connectivity index (χ0n) is 5.17. The lowest BCUT2D eigenvalue weighted by atomic mass is 10.6. The van der Waals surface area contributed by atoms with Gasteiger partial charge in [-0.1, -0.05) is 0 Å². The molecule has 7 heteroatoms. The summed E-state index contributed by atoms with van der Waals surface area (Å²) in [5.41, 5.74) is 0. The van der Waals surface area contributed by atoms with Crippen molar-refractivity contribution in [1.29, 1.82) is 0 Å². The Morgan fingerprint density at radius 3 is 2.73 bits per heavy atom. The fraction of sp³-hybridized carbons (Fsp3) is 0. The van der Waals surface area contributed by atoms with Crippen LogP contribution in [0.1, 0.15) is 10.6 Å². The highest BCUT2D eigenvalue weighted by molar-refractivity contribution is 5.81. The molecule has 1 rings (SSSR count). The molecule has 0 radical (unpaired) electrons. The van der Waals surface area contributed by atoms with Crippen LogP contribution in [0.15, 0.2) is 12.7 Å². The van der Waals surface area contributed by atoms with Crippen LogP contribution >= 0.6 is 0 Å². The number of carboxylic acids is 1. The van der Waals surface area contributed by atoms with E-state index in [9.17, 15) is 15.2 Å². The van der Waals surface area contributed by atoms with Gasteiger partial charge in [0.25, 0.3) is 0 Å². The molecule has 0 amide bonds. The number of aromatic nitrogens is 3. The van der Waals surface area contributed by atoms with E-state index in [-0.39, 0.29) is 9.46 Å². The summed E-state index contributed by atoms with van der Waals surface area (Å²) < 4.78 is -0.00519. The van der Waals surface area contributed by atoms with Crippen LogP contribution in [0.25, 0.3) is 0 Å². The van der Waals surface area contributed by atoms with E-state index in [0.29, 0.717) is 12.7 Å². The van der Waals surface area contributed by atoms with E-state index in [1.54, 1.807) is 0 Å². The van der Waals surface area contributed by atoms with Crippen molar-refractivity contribution in [2.24, 2.45) is 0 Å². The highest BCUT2D eigenvalue weighted by atomic mass is 16.5. The number of carboxylic acid groups (broad SMARTS) is 1. The SMILES string of the molecule is O=C(O)c1nc[n+]([O-])c[n+]1[O-]. The third-order valence-electron chi connectivity index (χ3n) is 0.913. The Hall–Kier alpha value is -1.92. The van der Waals surface area contributed by atoms with Gasteiger partial charge in [-0.2, -0.15) is 4.73 Å². The molecular formula is C4H3N3O4. The molecule has 0 aromatic carbocycles. The van der Waals surface area contributed by atoms with Gasteiger partial charge in [-0.05, 0) is 0 Å². The van der Waals surface area contributed by atoms with Crippen LogP contribution in [0, 0.1) is 10.4 Å². The molecule has 0 aliphatic carbocycles. The van der Waals surface area contributed by atoms with Crippen LogP contribution in [0.5, 0.6) is 0 Å². The lowest BCUT2D eigenvalue weighted by molar-refractivity contribution is -0.751. The molecule has 0 bridgehead atoms. The van der Waals surface area contributed by atoms with E-state index in [4.69, 9.17) is 5.11 Å². The van der Waals surface area contributed by atoms with Crippen LogP contribution in [0.4, 0.5) is 0 Å². The molecule has 0 aliphatic heterocycles. The Morgan fingerprint density at radius 2 is 2.27 bits per heavy atom. The molecule has 11 heavy (non-hydrogen) atoms. The second-order valence-electron chi connectivity index (χ2n) is 1.67. The third kappa shape index (κ3) is 1.31. The second-order valence-corrected chi connectivity index (χ2v) is 1.67. The summed E-state index contributed by atoms with van der Waals surface area (Å²) in [5, 5.41) is 29.1. The van der Waals surface area contributed by atoms with E-state index in [2.05, 4.69) is 4.98 Å². The van der Waals surface area contributed by atoms with Gasteiger partial charge >= 0.3 is 24.4 Å². The first kappa shape index (κ1) is 7.19. The minimum atomic E-state index is -1.47. The number of hydrogen-bond acceptors (Lipinski definition) is 4. The molecule has 58 valence electrons. The Morgan fingerprint density at radius 1 is 1.64 bits per heavy atom. The topological polar surface area (TPSA) is 104 Å². The summed E-state index contributed by atoms with van der Waals surface area (Å²) >= 11 is 0. The van der Waals surface area contributed by atoms with Crippen molar-refractivity contribution in [2.75, 3.05) is 0 Å². The van der Waals surface area contributed by atoms with Crippen LogP contribution in [0.2, 0.25) is 0 Å². The molecule has 7 nitrogen and oxygen atoms in total. The predicted octanol–water partition coefficient (Wildman–Crippen LogP) is -1.95. The van der Waals surface area contributed by atoms with Crippen molar-refractivity contribution in [1.82, 2.24) is 4.98 Å². The Labute approximate surface area is 60.3 Å². The maximum atomic E-state index is 10.5. The predicted molar refractivity (Wildman–Crippen MR) is 29.1 cm³/mol. The molecule has 1 aromatic heterocycles. The van der Waals surface area contributed by atoms with Gasteiger partial charge in [0.05, 0.1) is 4.98 Å². The Bertz CT molecular complexity index is 299. The summed E-state index contributed by atoms with van der Waals surface area (Å²) in [6, 6.07) is 0. The summed E-state index contributed by atoms with van der Waals surface area (Å²) in [4.78, 5) is 13.2. The Kier molecular flexibility index (Phi) is 1.55. The number of rotatable bonds is 1. The molecule has 0 atom stereocenters. The first-order valence-corrected chi connectivity index (χ1v) is 2.52. The fourth-order valence-electron chi connectivity index (χ4n) is 0.506. The highest BCUT2D eigenvalue weighted by Gasteiger charge is 2.21. The molecule has 0 saturated heterocycles. The first-order valence-electron chi connectivity index (χ1n) is 2.52. The molecule has 0 aliphatic rings. The third-order valence-corrected chi connectivity index (χ3v) is 0.913. The summed E-state index contributed by atoms with van der Waals surface area (Å²) in [6.07, 6.45) is 1.22. The maximum Gasteiger partial charge on any atom is 0.485 e. The van der Waals surface area contributed by atoms with E-state index >= 15 is 0 Å². The van der Waals surface area contributed by atoms with Gasteiger partial charge < -0.3 is 15.5 Å². The monoisotopic (exact) mass is 157 g/mol. The normalized spacial score (nSPS) is 9.45. The molecule has 1 N–H and O–H groups in total. The van der Waals surface area contributed by atoms with Crippen LogP contribution in [-0.4, -0.2) is 16.1 Å². The molecule has 0 unspecified atom stereocenters. The molecule has 1 heterocycles. The van der Waals surface area contributed by atoms with Gasteiger partial charge in [-0.3, -0.25) is 0 Å². The smallest absolute Gasteiger partial charge is 0.485 e. The fourth-order valence-corrected chi connectivity index (χ4v) is 0.506. The van der Waals surface area contributed by atoms with Crippen molar-refractivity contribution in [3.63, 3.8) is 0 Å². The van der Waals surface area contributed by atoms with Gasteiger partial charge in [-0.25, -0.2) is 4.79 Å². The summed E-state index contributed by atoms with van der Waals surface area (Å²) in [5.74, 6) is -2.20. The van der Waals surface area contributed by atoms with Gasteiger partial charge in [-0.15, -0.1) is 4.73 Å². The second kappa shape index (κ2) is 2.37. The van der Waals surface area contributed by atoms with Gasteiger partial charge in [0, 0.05) is 0 Å². The molecule has 1 aromatic rings. The minimum absolute atomic E-state index is 0.111. The number of aromatic carboxylic acids is 1. The zero-order chi connectivity index (χ0) is 8.43. The molecule has 0 fully saturated rings. The van der Waals surface area contributed by atoms with Gasteiger partial charge in [0.15, 0.2) is 0 Å². The van der Waals surface area contributed by atoms with Gasteiger partial charge in [0.1, 0.15) is 0 Å². The highest BCUT2D eigenvalue weighted by Crippen LogP contribution is 1.78. The Balaban J connectivity index is 3.20. The molecular weight excluding hydrogens is 154 g/mol. The number of carbonyl (C=O) groups is 1. The summed E-state index contributed by atoms with van der Waals surface area (Å²) in [6.45, 7) is 0. The zero-order valence-corrected chi connectivity index (χ0v) is 5.17. The van der Waals surface area contributed by atoms with E-state index in [1.165, 1.54) is 0 Å². The van der Waals surface area contributed by atoms with Crippen LogP contribution in [-0.2, 0) is 0 Å². The van der Waals surface area contributed by atoms with E-state index < -0.39 is 11.8 Å². The lowest BCUT2D eigenvalue weighted by Crippen LogP contribution is -2.45. The minimum Gasteiger partial charge on any atom is -0.676 e. The lowest BCUT2D eigenvalue weighted by Gasteiger charge is -1.98. The van der Waals surface area contributed by atoms with Crippen molar-refractivity contribution in [2.45, 2.75) is 0 Å². The number of nitrogens with zero attached hydrogens (tertiary/aromatic N) is 3. The van der Waals surface area contributed by atoms with Crippen molar-refractivity contribution >= 4 is 5.97 Å². The van der Waals surface area contributed by atoms with Crippen molar-refractivity contribution in [3.8, 4) is 0 Å². The van der Waals surface area contributed by atoms with Crippen molar-refractivity contribution in [3.05, 3.63) is 28.9 Å². The average Bonchev–Trinajstić information content (AvgIpc) is 1.85. The van der Waals surface area contributed by atoms with Gasteiger partial charge in [0.2, 0.25) is 0 Å². The van der Waals surface area contributed by atoms with Crippen molar-refractivity contribution < 1.29 is 19.4 Å². The molecule has 0 spiro atoms. The average molecular weight is 157 g/mol. The largest absolute Gasteiger partial charge is 0.676 e. The van der Waals surface area contributed by atoms with E-state index in [1.807, 2.05) is 0 Å². The quantitative estimate of drug-likeness (QED) is 0.376. The summed E-state index contributed by atoms with van der Waals surface area (Å²) in [7, 11) is 0. The maximum absolute atomic E-state index is 10.5. The molecule has 0 saturated carbocycles. The van der Waals surface area contributed by atoms with Crippen LogP contribution < -0.4 is 9.46 Å². The standard InChI is InChI=1S/C4H3N3O4/c8-4(9)3-5-1-6(10)2-7(3)11/h1-2H,(H,8,9).